The van der Waals surface area contributed by atoms with Crippen molar-refractivity contribution >= 4 is 27.1 Å². The van der Waals surface area contributed by atoms with Crippen LogP contribution in [0.4, 0.5) is 0 Å². The van der Waals surface area contributed by atoms with Gasteiger partial charge in [0, 0.05) is 24.3 Å². The molecule has 1 fully saturated rings. The fourth-order valence-electron chi connectivity index (χ4n) is 4.09. The number of ether oxygens (including phenoxy) is 3. The Balaban J connectivity index is 1.27. The van der Waals surface area contributed by atoms with Gasteiger partial charge >= 0.3 is 0 Å². The minimum absolute atomic E-state index is 0.0683. The standard InChI is InChI=1S/C28H32N2O7S2/c1-20-8-11-22(36-23-12-9-21(10-13-23)26-18-27(31)30-38(26)32)6-3-4-7-25(20)37-24-14-15-28(29-19-24)35-16-5-17-39(2,33)34/h3-4,7,9-10,12-15,19,22,26H,1,5-6,8,11,16-18H2,2H3,(H,30,31)/b4-3-,25-7?/t22-,26?,38?/m0/s1. The van der Waals surface area contributed by atoms with Crippen molar-refractivity contribution in [2.24, 2.45) is 0 Å². The molecule has 1 aliphatic heterocycles. The molecule has 208 valence electrons. The Morgan fingerprint density at radius 3 is 2.62 bits per heavy atom. The van der Waals surface area contributed by atoms with Crippen LogP contribution in [0.1, 0.15) is 42.9 Å². The first-order valence-corrected chi connectivity index (χ1v) is 15.9. The highest BCUT2D eigenvalue weighted by atomic mass is 32.2. The molecule has 3 atom stereocenters. The molecule has 4 rings (SSSR count). The van der Waals surface area contributed by atoms with Gasteiger partial charge in [-0.05, 0) is 49.1 Å². The van der Waals surface area contributed by atoms with Crippen LogP contribution in [0.25, 0.3) is 0 Å². The number of hydrogen-bond acceptors (Lipinski definition) is 8. The predicted molar refractivity (Wildman–Crippen MR) is 149 cm³/mol. The van der Waals surface area contributed by atoms with Gasteiger partial charge in [0.2, 0.25) is 5.88 Å². The minimum atomic E-state index is -3.01. The highest BCUT2D eigenvalue weighted by Crippen LogP contribution is 2.32. The molecule has 2 heterocycles. The summed E-state index contributed by atoms with van der Waals surface area (Å²) in [6.45, 7) is 4.46. The lowest BCUT2D eigenvalue weighted by Crippen LogP contribution is -2.21. The molecule has 1 N–H and O–H groups in total. The number of pyridine rings is 1. The number of rotatable bonds is 10. The summed E-state index contributed by atoms with van der Waals surface area (Å²) in [5.41, 5.74) is 1.67. The molecular weight excluding hydrogens is 540 g/mol. The van der Waals surface area contributed by atoms with E-state index in [-0.39, 0.29) is 36.0 Å². The Bertz CT molecular complexity index is 1320. The van der Waals surface area contributed by atoms with E-state index in [2.05, 4.69) is 16.3 Å². The quantitative estimate of drug-likeness (QED) is 0.333. The molecule has 1 aromatic heterocycles. The minimum Gasteiger partial charge on any atom is -0.593 e. The fourth-order valence-corrected chi connectivity index (χ4v) is 5.89. The Morgan fingerprint density at radius 1 is 1.18 bits per heavy atom. The van der Waals surface area contributed by atoms with E-state index < -0.39 is 21.2 Å². The predicted octanol–water partition coefficient (Wildman–Crippen LogP) is 4.13. The summed E-state index contributed by atoms with van der Waals surface area (Å²) in [5.74, 6) is 2.14. The van der Waals surface area contributed by atoms with Crippen molar-refractivity contribution in [1.82, 2.24) is 9.71 Å². The molecule has 2 aliphatic rings. The van der Waals surface area contributed by atoms with Crippen LogP contribution in [-0.2, 0) is 26.0 Å². The Labute approximate surface area is 232 Å². The van der Waals surface area contributed by atoms with E-state index in [1.54, 1.807) is 18.3 Å². The van der Waals surface area contributed by atoms with Crippen molar-refractivity contribution in [2.75, 3.05) is 18.6 Å². The van der Waals surface area contributed by atoms with Gasteiger partial charge in [0.15, 0.2) is 5.25 Å². The van der Waals surface area contributed by atoms with Crippen LogP contribution in [-0.4, -0.2) is 48.6 Å². The molecule has 11 heteroatoms. The van der Waals surface area contributed by atoms with Crippen molar-refractivity contribution in [3.8, 4) is 17.4 Å². The van der Waals surface area contributed by atoms with Crippen LogP contribution in [0.15, 0.2) is 78.7 Å². The maximum Gasteiger partial charge on any atom is 0.266 e. The second-order valence-electron chi connectivity index (χ2n) is 9.43. The molecule has 0 saturated carbocycles. The van der Waals surface area contributed by atoms with Crippen LogP contribution < -0.4 is 18.9 Å². The van der Waals surface area contributed by atoms with Gasteiger partial charge in [0.25, 0.3) is 5.91 Å². The van der Waals surface area contributed by atoms with Gasteiger partial charge in [0.05, 0.1) is 36.3 Å². The number of carbonyl (C=O) groups excluding carboxylic acids is 1. The SMILES string of the molecule is C=C1CC[C@@H](Oc2ccc(C3CC(=O)N[S+]3[O-])cc2)C/C=C\C=C1Oc1ccc(OCCCS(C)(=O)=O)nc1. The lowest BCUT2D eigenvalue weighted by Gasteiger charge is -2.19. The van der Waals surface area contributed by atoms with Crippen molar-refractivity contribution in [3.05, 3.63) is 84.3 Å². The second kappa shape index (κ2) is 13.2. The van der Waals surface area contributed by atoms with Crippen molar-refractivity contribution in [1.29, 1.82) is 0 Å². The summed E-state index contributed by atoms with van der Waals surface area (Å²) in [7, 11) is -3.01. The van der Waals surface area contributed by atoms with Crippen molar-refractivity contribution < 1.29 is 32.0 Å². The van der Waals surface area contributed by atoms with Crippen LogP contribution in [0.3, 0.4) is 0 Å². The van der Waals surface area contributed by atoms with E-state index in [0.29, 0.717) is 42.4 Å². The first kappa shape index (κ1) is 28.7. The number of nitrogens with one attached hydrogen (secondary N) is 1. The van der Waals surface area contributed by atoms with Crippen LogP contribution >= 0.6 is 0 Å². The summed E-state index contributed by atoms with van der Waals surface area (Å²) in [4.78, 5) is 15.7. The van der Waals surface area contributed by atoms with Crippen molar-refractivity contribution in [3.63, 3.8) is 0 Å². The first-order valence-electron chi connectivity index (χ1n) is 12.6. The van der Waals surface area contributed by atoms with E-state index in [0.717, 1.165) is 17.6 Å². The maximum absolute atomic E-state index is 12.0. The van der Waals surface area contributed by atoms with Crippen LogP contribution in [0, 0.1) is 0 Å². The smallest absolute Gasteiger partial charge is 0.266 e. The summed E-state index contributed by atoms with van der Waals surface area (Å²) in [6.07, 6.45) is 11.2. The Kier molecular flexibility index (Phi) is 9.71. The number of allylic oxidation sites excluding steroid dienone is 3. The third-order valence-corrected chi connectivity index (χ3v) is 8.56. The van der Waals surface area contributed by atoms with Gasteiger partial charge < -0.3 is 18.8 Å². The number of nitrogens with zero attached hydrogens (tertiary/aromatic N) is 1. The molecule has 39 heavy (non-hydrogen) atoms. The fraction of sp³-hybridized carbons (Fsp3) is 0.357. The van der Waals surface area contributed by atoms with Crippen LogP contribution in [0.5, 0.6) is 17.4 Å². The van der Waals surface area contributed by atoms with E-state index in [9.17, 15) is 17.8 Å². The topological polar surface area (TPSA) is 127 Å². The van der Waals surface area contributed by atoms with Gasteiger partial charge in [-0.1, -0.05) is 30.9 Å². The molecule has 0 radical (unpaired) electrons. The molecule has 0 spiro atoms. The molecule has 9 nitrogen and oxygen atoms in total. The van der Waals surface area contributed by atoms with E-state index >= 15 is 0 Å². The summed E-state index contributed by atoms with van der Waals surface area (Å²) < 4.78 is 54.7. The molecule has 2 aromatic rings. The molecular formula is C28H32N2O7S2. The third-order valence-electron chi connectivity index (χ3n) is 6.14. The van der Waals surface area contributed by atoms with E-state index in [1.807, 2.05) is 42.5 Å². The lowest BCUT2D eigenvalue weighted by molar-refractivity contribution is -0.118. The number of aromatic nitrogens is 1. The number of carbonyl (C=O) groups is 1. The average Bonchev–Trinajstić information content (AvgIpc) is 3.27. The van der Waals surface area contributed by atoms with Crippen LogP contribution in [0.2, 0.25) is 0 Å². The molecule has 2 unspecified atom stereocenters. The average molecular weight is 573 g/mol. The van der Waals surface area contributed by atoms with Gasteiger partial charge in [-0.2, -0.15) is 4.72 Å². The Hall–Kier alpha value is -3.28. The summed E-state index contributed by atoms with van der Waals surface area (Å²) in [5, 5.41) is -0.335. The van der Waals surface area contributed by atoms with Gasteiger partial charge in [0.1, 0.15) is 33.2 Å². The van der Waals surface area contributed by atoms with E-state index in [4.69, 9.17) is 14.2 Å². The zero-order valence-electron chi connectivity index (χ0n) is 21.7. The van der Waals surface area contributed by atoms with Gasteiger partial charge in [-0.25, -0.2) is 13.4 Å². The van der Waals surface area contributed by atoms with E-state index in [1.165, 1.54) is 6.26 Å². The first-order chi connectivity index (χ1) is 18.7. The number of benzene rings is 1. The van der Waals surface area contributed by atoms with Crippen molar-refractivity contribution in [2.45, 2.75) is 43.5 Å². The molecule has 1 amide bonds. The number of sulfone groups is 1. The maximum atomic E-state index is 12.0. The third kappa shape index (κ3) is 8.87. The number of hydrogen-bond donors (Lipinski definition) is 1. The second-order valence-corrected chi connectivity index (χ2v) is 13.1. The van der Waals surface area contributed by atoms with Gasteiger partial charge in [-0.15, -0.1) is 0 Å². The number of amides is 1. The molecule has 1 aromatic carbocycles. The summed E-state index contributed by atoms with van der Waals surface area (Å²) in [6, 6.07) is 10.8. The molecule has 1 saturated heterocycles. The Morgan fingerprint density at radius 2 is 1.95 bits per heavy atom. The lowest BCUT2D eigenvalue weighted by atomic mass is 10.1. The highest BCUT2D eigenvalue weighted by molar-refractivity contribution is 7.91. The zero-order chi connectivity index (χ0) is 27.8. The molecule has 1 aliphatic carbocycles. The largest absolute Gasteiger partial charge is 0.593 e. The zero-order valence-corrected chi connectivity index (χ0v) is 23.3. The molecule has 0 bridgehead atoms. The summed E-state index contributed by atoms with van der Waals surface area (Å²) >= 11 is -1.39. The van der Waals surface area contributed by atoms with Gasteiger partial charge in [-0.3, -0.25) is 4.79 Å². The normalized spacial score (nSPS) is 22.6. The highest BCUT2D eigenvalue weighted by Gasteiger charge is 2.36. The monoisotopic (exact) mass is 572 g/mol.